The van der Waals surface area contributed by atoms with Gasteiger partial charge in [0.15, 0.2) is 0 Å². The number of benzene rings is 1. The first kappa shape index (κ1) is 16.8. The van der Waals surface area contributed by atoms with Crippen molar-refractivity contribution in [2.45, 2.75) is 44.7 Å². The van der Waals surface area contributed by atoms with Crippen LogP contribution in [-0.2, 0) is 6.54 Å². The molecule has 1 N–H and O–H groups in total. The van der Waals surface area contributed by atoms with E-state index in [2.05, 4.69) is 41.5 Å². The van der Waals surface area contributed by atoms with Gasteiger partial charge in [-0.15, -0.1) is 0 Å². The van der Waals surface area contributed by atoms with Gasteiger partial charge in [-0.25, -0.2) is 4.79 Å². The lowest BCUT2D eigenvalue weighted by Gasteiger charge is -2.31. The molecule has 4 nitrogen and oxygen atoms in total. The molecule has 22 heavy (non-hydrogen) atoms. The fourth-order valence-corrected chi connectivity index (χ4v) is 3.09. The van der Waals surface area contributed by atoms with Crippen molar-refractivity contribution in [3.63, 3.8) is 0 Å². The maximum atomic E-state index is 12.2. The van der Waals surface area contributed by atoms with Crippen LogP contribution in [0.3, 0.4) is 0 Å². The Labute approximate surface area is 134 Å². The minimum absolute atomic E-state index is 0.0695. The Hall–Kier alpha value is -1.55. The third-order valence-electron chi connectivity index (χ3n) is 4.51. The molecule has 0 heterocycles. The average Bonchev–Trinajstić information content (AvgIpc) is 2.55. The first-order valence-corrected chi connectivity index (χ1v) is 8.40. The lowest BCUT2D eigenvalue weighted by molar-refractivity contribution is 0.172. The SMILES string of the molecule is CN(CCNC(=O)N(C)C1CCCCC1)Cc1ccccc1. The van der Waals surface area contributed by atoms with Gasteiger partial charge in [0.2, 0.25) is 0 Å². The van der Waals surface area contributed by atoms with Gasteiger partial charge in [-0.1, -0.05) is 49.6 Å². The first-order chi connectivity index (χ1) is 10.7. The number of nitrogens with zero attached hydrogens (tertiary/aromatic N) is 2. The number of carbonyl (C=O) groups excluding carboxylic acids is 1. The van der Waals surface area contributed by atoms with Crippen LogP contribution in [0, 0.1) is 0 Å². The van der Waals surface area contributed by atoms with Crippen LogP contribution >= 0.6 is 0 Å². The smallest absolute Gasteiger partial charge is 0.317 e. The van der Waals surface area contributed by atoms with E-state index in [1.165, 1.54) is 24.8 Å². The van der Waals surface area contributed by atoms with Gasteiger partial charge in [0, 0.05) is 32.7 Å². The Balaban J connectivity index is 1.65. The molecule has 0 spiro atoms. The topological polar surface area (TPSA) is 35.6 Å². The van der Waals surface area contributed by atoms with E-state index in [1.54, 1.807) is 0 Å². The van der Waals surface area contributed by atoms with Crippen molar-refractivity contribution in [1.82, 2.24) is 15.1 Å². The van der Waals surface area contributed by atoms with Gasteiger partial charge in [-0.2, -0.15) is 0 Å². The summed E-state index contributed by atoms with van der Waals surface area (Å²) in [5, 5.41) is 3.04. The van der Waals surface area contributed by atoms with Gasteiger partial charge in [0.1, 0.15) is 0 Å². The maximum Gasteiger partial charge on any atom is 0.317 e. The number of amides is 2. The van der Waals surface area contributed by atoms with E-state index >= 15 is 0 Å². The summed E-state index contributed by atoms with van der Waals surface area (Å²) in [6, 6.07) is 10.9. The third kappa shape index (κ3) is 5.34. The zero-order valence-electron chi connectivity index (χ0n) is 13.9. The predicted molar refractivity (Wildman–Crippen MR) is 90.8 cm³/mol. The van der Waals surface area contributed by atoms with Crippen molar-refractivity contribution < 1.29 is 4.79 Å². The Bertz CT molecular complexity index is 443. The molecule has 2 amide bonds. The lowest BCUT2D eigenvalue weighted by atomic mass is 9.95. The van der Waals surface area contributed by atoms with E-state index in [0.29, 0.717) is 12.6 Å². The Morgan fingerprint density at radius 2 is 1.82 bits per heavy atom. The summed E-state index contributed by atoms with van der Waals surface area (Å²) < 4.78 is 0. The summed E-state index contributed by atoms with van der Waals surface area (Å²) in [5.74, 6) is 0. The molecule has 2 rings (SSSR count). The average molecular weight is 303 g/mol. The van der Waals surface area contributed by atoms with Crippen molar-refractivity contribution >= 4 is 6.03 Å². The van der Waals surface area contributed by atoms with E-state index in [9.17, 15) is 4.79 Å². The van der Waals surface area contributed by atoms with E-state index in [-0.39, 0.29) is 6.03 Å². The standard InChI is InChI=1S/C18H29N3O/c1-20(15-16-9-5-3-6-10-16)14-13-19-18(22)21(2)17-11-7-4-8-12-17/h3,5-6,9-10,17H,4,7-8,11-15H2,1-2H3,(H,19,22). The van der Waals surface area contributed by atoms with Crippen LogP contribution < -0.4 is 5.32 Å². The van der Waals surface area contributed by atoms with E-state index in [4.69, 9.17) is 0 Å². The fourth-order valence-electron chi connectivity index (χ4n) is 3.09. The van der Waals surface area contributed by atoms with E-state index in [0.717, 1.165) is 25.9 Å². The zero-order chi connectivity index (χ0) is 15.8. The van der Waals surface area contributed by atoms with Crippen LogP contribution in [0.15, 0.2) is 30.3 Å². The molecule has 0 aromatic heterocycles. The van der Waals surface area contributed by atoms with Crippen molar-refractivity contribution in [3.8, 4) is 0 Å². The summed E-state index contributed by atoms with van der Waals surface area (Å²) >= 11 is 0. The van der Waals surface area contributed by atoms with E-state index < -0.39 is 0 Å². The minimum Gasteiger partial charge on any atom is -0.337 e. The second-order valence-electron chi connectivity index (χ2n) is 6.36. The normalized spacial score (nSPS) is 15.8. The van der Waals surface area contributed by atoms with Crippen LogP contribution in [0.25, 0.3) is 0 Å². The highest BCUT2D eigenvalue weighted by atomic mass is 16.2. The molecular weight excluding hydrogens is 274 g/mol. The molecule has 1 aromatic rings. The van der Waals surface area contributed by atoms with E-state index in [1.807, 2.05) is 18.0 Å². The molecule has 0 radical (unpaired) electrons. The first-order valence-electron chi connectivity index (χ1n) is 8.40. The third-order valence-corrected chi connectivity index (χ3v) is 4.51. The molecule has 0 atom stereocenters. The van der Waals surface area contributed by atoms with Crippen molar-refractivity contribution in [3.05, 3.63) is 35.9 Å². The highest BCUT2D eigenvalue weighted by Gasteiger charge is 2.21. The van der Waals surface area contributed by atoms with Crippen LogP contribution in [0.4, 0.5) is 4.79 Å². The van der Waals surface area contributed by atoms with Gasteiger partial charge < -0.3 is 15.1 Å². The molecule has 0 unspecified atom stereocenters. The Kier molecular flexibility index (Phi) is 6.72. The summed E-state index contributed by atoms with van der Waals surface area (Å²) in [4.78, 5) is 16.3. The number of nitrogens with one attached hydrogen (secondary N) is 1. The monoisotopic (exact) mass is 303 g/mol. The molecule has 122 valence electrons. The second kappa shape index (κ2) is 8.79. The van der Waals surface area contributed by atoms with Gasteiger partial charge >= 0.3 is 6.03 Å². The summed E-state index contributed by atoms with van der Waals surface area (Å²) in [7, 11) is 4.02. The predicted octanol–water partition coefficient (Wildman–Crippen LogP) is 3.09. The maximum absolute atomic E-state index is 12.2. The summed E-state index contributed by atoms with van der Waals surface area (Å²) in [5.41, 5.74) is 1.30. The lowest BCUT2D eigenvalue weighted by Crippen LogP contribution is -2.46. The highest BCUT2D eigenvalue weighted by Crippen LogP contribution is 2.21. The van der Waals surface area contributed by atoms with Gasteiger partial charge in [-0.3, -0.25) is 0 Å². The largest absolute Gasteiger partial charge is 0.337 e. The quantitative estimate of drug-likeness (QED) is 0.876. The fraction of sp³-hybridized carbons (Fsp3) is 0.611. The number of hydrogen-bond donors (Lipinski definition) is 1. The van der Waals surface area contributed by atoms with Gasteiger partial charge in [0.25, 0.3) is 0 Å². The van der Waals surface area contributed by atoms with Gasteiger partial charge in [0.05, 0.1) is 0 Å². The molecule has 0 aliphatic heterocycles. The van der Waals surface area contributed by atoms with Crippen LogP contribution in [0.2, 0.25) is 0 Å². The zero-order valence-corrected chi connectivity index (χ0v) is 13.9. The minimum atomic E-state index is 0.0695. The van der Waals surface area contributed by atoms with Crippen molar-refractivity contribution in [1.29, 1.82) is 0 Å². The molecule has 1 saturated carbocycles. The molecule has 0 saturated heterocycles. The summed E-state index contributed by atoms with van der Waals surface area (Å²) in [6.07, 6.45) is 6.12. The molecule has 4 heteroatoms. The highest BCUT2D eigenvalue weighted by molar-refractivity contribution is 5.74. The molecule has 1 fully saturated rings. The molecule has 1 aliphatic rings. The Morgan fingerprint density at radius 1 is 1.14 bits per heavy atom. The molecule has 0 bridgehead atoms. The molecule has 1 aliphatic carbocycles. The number of likely N-dealkylation sites (N-methyl/N-ethyl adjacent to an activating group) is 1. The van der Waals surface area contributed by atoms with Crippen LogP contribution in [0.1, 0.15) is 37.7 Å². The van der Waals surface area contributed by atoms with Crippen molar-refractivity contribution in [2.24, 2.45) is 0 Å². The number of carbonyl (C=O) groups is 1. The number of urea groups is 1. The van der Waals surface area contributed by atoms with Crippen molar-refractivity contribution in [2.75, 3.05) is 27.2 Å². The van der Waals surface area contributed by atoms with Crippen LogP contribution in [-0.4, -0.2) is 49.1 Å². The van der Waals surface area contributed by atoms with Gasteiger partial charge in [-0.05, 0) is 25.5 Å². The Morgan fingerprint density at radius 3 is 2.50 bits per heavy atom. The number of rotatable bonds is 6. The summed E-state index contributed by atoms with van der Waals surface area (Å²) in [6.45, 7) is 2.47. The van der Waals surface area contributed by atoms with Crippen LogP contribution in [0.5, 0.6) is 0 Å². The molecule has 1 aromatic carbocycles. The molecular formula is C18H29N3O. The second-order valence-corrected chi connectivity index (χ2v) is 6.36. The number of hydrogen-bond acceptors (Lipinski definition) is 2.